The molecule has 1 unspecified atom stereocenters. The number of carbonyl (C=O) groups is 1. The Bertz CT molecular complexity index is 230. The maximum absolute atomic E-state index is 10.8. The van der Waals surface area contributed by atoms with Crippen LogP contribution in [0.2, 0.25) is 0 Å². The highest BCUT2D eigenvalue weighted by molar-refractivity contribution is 5.85. The number of ether oxygens (including phenoxy) is 1. The van der Waals surface area contributed by atoms with Crippen LogP contribution in [0.25, 0.3) is 0 Å². The molecule has 1 heterocycles. The molecule has 1 atom stereocenters. The maximum atomic E-state index is 10.8. The van der Waals surface area contributed by atoms with Crippen molar-refractivity contribution in [1.29, 1.82) is 0 Å². The van der Waals surface area contributed by atoms with Gasteiger partial charge >= 0.3 is 6.03 Å². The number of morpholine rings is 1. The van der Waals surface area contributed by atoms with Gasteiger partial charge in [0, 0.05) is 6.54 Å². The minimum Gasteiger partial charge on any atom is -0.409 e. The van der Waals surface area contributed by atoms with Gasteiger partial charge in [-0.05, 0) is 0 Å². The molecular weight excluding hydrogens is 176 g/mol. The predicted molar refractivity (Wildman–Crippen MR) is 44.3 cm³/mol. The molecule has 0 spiro atoms. The van der Waals surface area contributed by atoms with Crippen LogP contribution in [0.1, 0.15) is 0 Å². The molecule has 1 rings (SSSR count). The number of hydrogen-bond acceptors (Lipinski definition) is 4. The van der Waals surface area contributed by atoms with Crippen molar-refractivity contribution in [3.8, 4) is 0 Å². The predicted octanol–water partition coefficient (Wildman–Crippen LogP) is -1.49. The Labute approximate surface area is 74.9 Å². The Kier molecular flexibility index (Phi) is 2.91. The van der Waals surface area contributed by atoms with E-state index in [1.54, 1.807) is 0 Å². The summed E-state index contributed by atoms with van der Waals surface area (Å²) >= 11 is 0. The van der Waals surface area contributed by atoms with Crippen LogP contribution in [-0.2, 0) is 4.74 Å². The summed E-state index contributed by atoms with van der Waals surface area (Å²) in [5, 5.41) is 11.2. The fraction of sp³-hybridized carbons (Fsp3) is 0.667. The van der Waals surface area contributed by atoms with Gasteiger partial charge in [-0.15, -0.1) is 0 Å². The minimum absolute atomic E-state index is 0.0500. The lowest BCUT2D eigenvalue weighted by Gasteiger charge is -2.30. The first-order chi connectivity index (χ1) is 6.15. The summed E-state index contributed by atoms with van der Waals surface area (Å²) in [4.78, 5) is 12.1. The van der Waals surface area contributed by atoms with Crippen molar-refractivity contribution in [3.63, 3.8) is 0 Å². The van der Waals surface area contributed by atoms with Crippen LogP contribution >= 0.6 is 0 Å². The number of urea groups is 1. The number of nitrogens with zero attached hydrogens (tertiary/aromatic N) is 2. The second kappa shape index (κ2) is 3.94. The molecule has 0 aromatic rings. The topological polar surface area (TPSA) is 114 Å². The largest absolute Gasteiger partial charge is 0.409 e. The Balaban J connectivity index is 2.56. The first-order valence-electron chi connectivity index (χ1n) is 3.78. The number of oxime groups is 1. The second-order valence-electron chi connectivity index (χ2n) is 2.67. The minimum atomic E-state index is -0.564. The molecule has 0 aromatic heterocycles. The fourth-order valence-corrected chi connectivity index (χ4v) is 1.09. The van der Waals surface area contributed by atoms with Gasteiger partial charge in [0.05, 0.1) is 13.2 Å². The van der Waals surface area contributed by atoms with Crippen molar-refractivity contribution in [3.05, 3.63) is 0 Å². The summed E-state index contributed by atoms with van der Waals surface area (Å²) in [6.45, 7) is 1.000. The highest BCUT2D eigenvalue weighted by atomic mass is 16.5. The number of carbonyl (C=O) groups excluding carboxylic acids is 1. The fourth-order valence-electron chi connectivity index (χ4n) is 1.09. The normalized spacial score (nSPS) is 24.5. The van der Waals surface area contributed by atoms with E-state index in [9.17, 15) is 4.79 Å². The zero-order valence-electron chi connectivity index (χ0n) is 7.01. The van der Waals surface area contributed by atoms with Gasteiger partial charge < -0.3 is 26.3 Å². The quantitative estimate of drug-likeness (QED) is 0.201. The summed E-state index contributed by atoms with van der Waals surface area (Å²) in [6.07, 6.45) is -0.564. The van der Waals surface area contributed by atoms with Crippen LogP contribution in [0.3, 0.4) is 0 Å². The first kappa shape index (κ1) is 9.59. The second-order valence-corrected chi connectivity index (χ2v) is 2.67. The number of hydrogen-bond donors (Lipinski definition) is 3. The Morgan fingerprint density at radius 2 is 2.31 bits per heavy atom. The molecule has 0 radical (unpaired) electrons. The average molecular weight is 188 g/mol. The molecule has 1 saturated heterocycles. The summed E-state index contributed by atoms with van der Waals surface area (Å²) in [7, 11) is 0. The molecule has 0 bridgehead atoms. The van der Waals surface area contributed by atoms with Crippen molar-refractivity contribution in [1.82, 2.24) is 4.90 Å². The number of rotatable bonds is 1. The van der Waals surface area contributed by atoms with E-state index in [1.807, 2.05) is 0 Å². The highest BCUT2D eigenvalue weighted by Gasteiger charge is 2.25. The van der Waals surface area contributed by atoms with E-state index in [-0.39, 0.29) is 12.4 Å². The van der Waals surface area contributed by atoms with Gasteiger partial charge in [-0.3, -0.25) is 0 Å². The van der Waals surface area contributed by atoms with Gasteiger partial charge in [0.1, 0.15) is 6.10 Å². The Hall–Kier alpha value is -1.50. The molecule has 1 aliphatic heterocycles. The third kappa shape index (κ3) is 2.22. The van der Waals surface area contributed by atoms with E-state index in [0.717, 1.165) is 0 Å². The maximum Gasteiger partial charge on any atom is 0.314 e. The van der Waals surface area contributed by atoms with Gasteiger partial charge in [-0.1, -0.05) is 5.16 Å². The third-order valence-electron chi connectivity index (χ3n) is 1.82. The Morgan fingerprint density at radius 1 is 1.62 bits per heavy atom. The van der Waals surface area contributed by atoms with Crippen LogP contribution in [0.15, 0.2) is 5.16 Å². The lowest BCUT2D eigenvalue weighted by atomic mass is 10.2. The van der Waals surface area contributed by atoms with E-state index in [0.29, 0.717) is 13.2 Å². The third-order valence-corrected chi connectivity index (χ3v) is 1.82. The number of nitrogens with two attached hydrogens (primary N) is 2. The van der Waals surface area contributed by atoms with Crippen molar-refractivity contribution in [2.75, 3.05) is 19.7 Å². The van der Waals surface area contributed by atoms with E-state index >= 15 is 0 Å². The van der Waals surface area contributed by atoms with Gasteiger partial charge in [0.2, 0.25) is 0 Å². The zero-order chi connectivity index (χ0) is 9.84. The number of amides is 2. The molecular formula is C6H12N4O3. The molecule has 0 saturated carbocycles. The van der Waals surface area contributed by atoms with E-state index in [2.05, 4.69) is 5.16 Å². The van der Waals surface area contributed by atoms with Crippen LogP contribution in [0.5, 0.6) is 0 Å². The standard InChI is InChI=1S/C6H12N4O3/c7-5(9-12)4-3-10(6(8)11)1-2-13-4/h4,12H,1-3H2,(H2,7,9)(H2,8,11). The molecule has 7 heteroatoms. The lowest BCUT2D eigenvalue weighted by Crippen LogP contribution is -2.52. The lowest BCUT2D eigenvalue weighted by molar-refractivity contribution is 0.0215. The average Bonchev–Trinajstić information content (AvgIpc) is 2.17. The zero-order valence-corrected chi connectivity index (χ0v) is 7.01. The summed E-state index contributed by atoms with van der Waals surface area (Å²) in [5.74, 6) is -0.0500. The molecule has 1 fully saturated rings. The molecule has 0 aliphatic carbocycles. The van der Waals surface area contributed by atoms with Crippen molar-refractivity contribution >= 4 is 11.9 Å². The molecule has 5 N–H and O–H groups in total. The highest BCUT2D eigenvalue weighted by Crippen LogP contribution is 2.04. The van der Waals surface area contributed by atoms with Gasteiger partial charge in [0.15, 0.2) is 5.84 Å². The van der Waals surface area contributed by atoms with Crippen molar-refractivity contribution in [2.24, 2.45) is 16.6 Å². The number of primary amides is 1. The van der Waals surface area contributed by atoms with Crippen LogP contribution < -0.4 is 11.5 Å². The van der Waals surface area contributed by atoms with Gasteiger partial charge in [-0.25, -0.2) is 4.79 Å². The summed E-state index contributed by atoms with van der Waals surface area (Å²) in [6, 6.07) is -0.529. The molecule has 13 heavy (non-hydrogen) atoms. The smallest absolute Gasteiger partial charge is 0.314 e. The molecule has 0 aromatic carbocycles. The molecule has 74 valence electrons. The molecule has 1 aliphatic rings. The van der Waals surface area contributed by atoms with Crippen LogP contribution in [-0.4, -0.2) is 47.8 Å². The first-order valence-corrected chi connectivity index (χ1v) is 3.78. The van der Waals surface area contributed by atoms with Crippen molar-refractivity contribution in [2.45, 2.75) is 6.10 Å². The summed E-state index contributed by atoms with van der Waals surface area (Å²) < 4.78 is 5.15. The van der Waals surface area contributed by atoms with E-state index in [4.69, 9.17) is 21.4 Å². The molecule has 2 amide bonds. The van der Waals surface area contributed by atoms with Crippen LogP contribution in [0, 0.1) is 0 Å². The van der Waals surface area contributed by atoms with E-state index in [1.165, 1.54) is 4.90 Å². The van der Waals surface area contributed by atoms with Gasteiger partial charge in [-0.2, -0.15) is 0 Å². The number of amidine groups is 1. The summed E-state index contributed by atoms with van der Waals surface area (Å²) in [5.41, 5.74) is 10.4. The van der Waals surface area contributed by atoms with Crippen LogP contribution in [0.4, 0.5) is 4.79 Å². The van der Waals surface area contributed by atoms with E-state index < -0.39 is 12.1 Å². The van der Waals surface area contributed by atoms with Gasteiger partial charge in [0.25, 0.3) is 0 Å². The Morgan fingerprint density at radius 3 is 2.85 bits per heavy atom. The van der Waals surface area contributed by atoms with Crippen molar-refractivity contribution < 1.29 is 14.7 Å². The molecule has 7 nitrogen and oxygen atoms in total. The SMILES string of the molecule is NC(=O)N1CCOC(C(N)=NO)C1. The monoisotopic (exact) mass is 188 g/mol.